The molecule has 2 aromatic heterocycles. The van der Waals surface area contributed by atoms with E-state index in [1.54, 1.807) is 6.33 Å². The average molecular weight is 278 g/mol. The van der Waals surface area contributed by atoms with Gasteiger partial charge in [0.05, 0.1) is 0 Å². The molecule has 0 spiro atoms. The maximum Gasteiger partial charge on any atom is 0.138 e. The first-order valence-corrected chi connectivity index (χ1v) is 7.47. The highest BCUT2D eigenvalue weighted by atomic mass is 32.1. The lowest BCUT2D eigenvalue weighted by Crippen LogP contribution is -2.20. The summed E-state index contributed by atoms with van der Waals surface area (Å²) in [6.07, 6.45) is 2.51. The van der Waals surface area contributed by atoms with Gasteiger partial charge in [0.25, 0.3) is 0 Å². The van der Waals surface area contributed by atoms with Crippen LogP contribution in [0, 0.1) is 13.8 Å². The molecule has 0 aliphatic rings. The molecule has 0 aliphatic carbocycles. The monoisotopic (exact) mass is 278 g/mol. The third-order valence-corrected chi connectivity index (χ3v) is 4.67. The number of hydrogen-bond acceptors (Lipinski definition) is 4. The number of aryl methyl sites for hydroxylation is 2. The van der Waals surface area contributed by atoms with Crippen LogP contribution in [0.2, 0.25) is 0 Å². The summed E-state index contributed by atoms with van der Waals surface area (Å²) in [6.45, 7) is 8.60. The van der Waals surface area contributed by atoms with Gasteiger partial charge in [-0.15, -0.1) is 11.3 Å². The zero-order valence-electron chi connectivity index (χ0n) is 12.3. The van der Waals surface area contributed by atoms with E-state index in [1.165, 1.54) is 15.3 Å². The number of hydrogen-bond donors (Lipinski definition) is 1. The normalized spacial score (nSPS) is 13.2. The van der Waals surface area contributed by atoms with Crippen LogP contribution >= 0.6 is 11.3 Å². The molecule has 2 heterocycles. The van der Waals surface area contributed by atoms with Crippen molar-refractivity contribution in [2.24, 2.45) is 0 Å². The number of nitrogens with one attached hydrogen (secondary N) is 1. The SMILES string of the molecule is CNC(Cc1ncnn1C(C)C)c1cc(C)c(C)s1. The first-order valence-electron chi connectivity index (χ1n) is 6.65. The van der Waals surface area contributed by atoms with Crippen molar-refractivity contribution < 1.29 is 0 Å². The Bertz CT molecular complexity index is 522. The standard InChI is InChI=1S/C14H22N4S/c1-9(2)18-14(16-8-17-18)7-12(15-5)13-6-10(3)11(4)19-13/h6,8-9,12,15H,7H2,1-5H3. The number of aromatic nitrogens is 3. The molecule has 0 aliphatic heterocycles. The highest BCUT2D eigenvalue weighted by Crippen LogP contribution is 2.28. The molecule has 0 saturated carbocycles. The molecule has 0 aromatic carbocycles. The highest BCUT2D eigenvalue weighted by Gasteiger charge is 2.17. The fourth-order valence-electron chi connectivity index (χ4n) is 2.15. The smallest absolute Gasteiger partial charge is 0.138 e. The van der Waals surface area contributed by atoms with Crippen LogP contribution in [0.5, 0.6) is 0 Å². The molecule has 0 bridgehead atoms. The second kappa shape index (κ2) is 5.84. The minimum Gasteiger partial charge on any atom is -0.312 e. The first kappa shape index (κ1) is 14.2. The molecule has 1 N–H and O–H groups in total. The summed E-state index contributed by atoms with van der Waals surface area (Å²) in [5.74, 6) is 1.04. The lowest BCUT2D eigenvalue weighted by molar-refractivity contribution is 0.480. The molecule has 0 radical (unpaired) electrons. The zero-order chi connectivity index (χ0) is 14.0. The van der Waals surface area contributed by atoms with Crippen molar-refractivity contribution in [2.45, 2.75) is 46.2 Å². The molecule has 0 amide bonds. The van der Waals surface area contributed by atoms with Crippen molar-refractivity contribution in [1.29, 1.82) is 0 Å². The summed E-state index contributed by atoms with van der Waals surface area (Å²) < 4.78 is 2.00. The molecule has 0 saturated heterocycles. The Morgan fingerprint density at radius 1 is 1.37 bits per heavy atom. The third kappa shape index (κ3) is 3.04. The largest absolute Gasteiger partial charge is 0.312 e. The highest BCUT2D eigenvalue weighted by molar-refractivity contribution is 7.12. The Labute approximate surface area is 118 Å². The Kier molecular flexibility index (Phi) is 4.37. The van der Waals surface area contributed by atoms with E-state index in [0.29, 0.717) is 12.1 Å². The van der Waals surface area contributed by atoms with Gasteiger partial charge < -0.3 is 5.32 Å². The van der Waals surface area contributed by atoms with E-state index in [9.17, 15) is 0 Å². The second-order valence-corrected chi connectivity index (χ2v) is 6.44. The molecule has 4 nitrogen and oxygen atoms in total. The molecule has 2 aromatic rings. The number of rotatable bonds is 5. The third-order valence-electron chi connectivity index (χ3n) is 3.40. The van der Waals surface area contributed by atoms with E-state index >= 15 is 0 Å². The van der Waals surface area contributed by atoms with Gasteiger partial charge in [-0.2, -0.15) is 5.10 Å². The molecule has 19 heavy (non-hydrogen) atoms. The lowest BCUT2D eigenvalue weighted by atomic mass is 10.1. The fourth-order valence-corrected chi connectivity index (χ4v) is 3.31. The molecule has 1 unspecified atom stereocenters. The van der Waals surface area contributed by atoms with E-state index in [2.05, 4.69) is 49.2 Å². The van der Waals surface area contributed by atoms with Crippen molar-refractivity contribution >= 4 is 11.3 Å². The summed E-state index contributed by atoms with van der Waals surface area (Å²) in [5.41, 5.74) is 1.37. The van der Waals surface area contributed by atoms with Crippen LogP contribution in [0.15, 0.2) is 12.4 Å². The summed E-state index contributed by atoms with van der Waals surface area (Å²) in [4.78, 5) is 7.16. The summed E-state index contributed by atoms with van der Waals surface area (Å²) in [6, 6.07) is 2.93. The summed E-state index contributed by atoms with van der Waals surface area (Å²) >= 11 is 1.86. The predicted molar refractivity (Wildman–Crippen MR) is 79.7 cm³/mol. The predicted octanol–water partition coefficient (Wildman–Crippen LogP) is 3.04. The van der Waals surface area contributed by atoms with Gasteiger partial charge in [-0.25, -0.2) is 9.67 Å². The van der Waals surface area contributed by atoms with E-state index in [4.69, 9.17) is 0 Å². The van der Waals surface area contributed by atoms with Gasteiger partial charge in [0, 0.05) is 28.3 Å². The maximum absolute atomic E-state index is 4.40. The van der Waals surface area contributed by atoms with Crippen LogP contribution in [0.3, 0.4) is 0 Å². The van der Waals surface area contributed by atoms with Gasteiger partial charge in [-0.3, -0.25) is 0 Å². The molecular weight excluding hydrogens is 256 g/mol. The van der Waals surface area contributed by atoms with Crippen LogP contribution in [0.25, 0.3) is 0 Å². The van der Waals surface area contributed by atoms with Crippen LogP contribution < -0.4 is 5.32 Å². The quantitative estimate of drug-likeness (QED) is 0.914. The van der Waals surface area contributed by atoms with Gasteiger partial charge in [-0.05, 0) is 46.4 Å². The molecule has 5 heteroatoms. The fraction of sp³-hybridized carbons (Fsp3) is 0.571. The number of thiophene rings is 1. The lowest BCUT2D eigenvalue weighted by Gasteiger charge is -2.16. The van der Waals surface area contributed by atoms with Gasteiger partial charge >= 0.3 is 0 Å². The van der Waals surface area contributed by atoms with Crippen molar-refractivity contribution in [3.63, 3.8) is 0 Å². The van der Waals surface area contributed by atoms with E-state index in [0.717, 1.165) is 12.2 Å². The zero-order valence-corrected chi connectivity index (χ0v) is 13.1. The topological polar surface area (TPSA) is 42.7 Å². The van der Waals surface area contributed by atoms with Gasteiger partial charge in [-0.1, -0.05) is 0 Å². The van der Waals surface area contributed by atoms with E-state index in [-0.39, 0.29) is 0 Å². The first-order chi connectivity index (χ1) is 9.02. The minimum absolute atomic E-state index is 0.305. The number of nitrogens with zero attached hydrogens (tertiary/aromatic N) is 3. The van der Waals surface area contributed by atoms with Crippen LogP contribution in [0.4, 0.5) is 0 Å². The van der Waals surface area contributed by atoms with Crippen molar-refractivity contribution in [3.8, 4) is 0 Å². The van der Waals surface area contributed by atoms with Crippen molar-refractivity contribution in [2.75, 3.05) is 7.05 Å². The molecular formula is C14H22N4S. The maximum atomic E-state index is 4.40. The van der Waals surface area contributed by atoms with Gasteiger partial charge in [0.2, 0.25) is 0 Å². The average Bonchev–Trinajstić information content (AvgIpc) is 2.94. The molecule has 104 valence electrons. The summed E-state index contributed by atoms with van der Waals surface area (Å²) in [5, 5.41) is 7.69. The van der Waals surface area contributed by atoms with Gasteiger partial charge in [0.1, 0.15) is 12.2 Å². The summed E-state index contributed by atoms with van der Waals surface area (Å²) in [7, 11) is 2.01. The van der Waals surface area contributed by atoms with Crippen LogP contribution in [-0.2, 0) is 6.42 Å². The minimum atomic E-state index is 0.305. The second-order valence-electron chi connectivity index (χ2n) is 5.15. The molecule has 2 rings (SSSR count). The van der Waals surface area contributed by atoms with Crippen molar-refractivity contribution in [3.05, 3.63) is 33.5 Å². The number of likely N-dealkylation sites (N-methyl/N-ethyl adjacent to an activating group) is 1. The van der Waals surface area contributed by atoms with Crippen molar-refractivity contribution in [1.82, 2.24) is 20.1 Å². The Morgan fingerprint density at radius 2 is 2.11 bits per heavy atom. The van der Waals surface area contributed by atoms with Crippen LogP contribution in [0.1, 0.15) is 47.1 Å². The van der Waals surface area contributed by atoms with Crippen LogP contribution in [-0.4, -0.2) is 21.8 Å². The molecule has 0 fully saturated rings. The Balaban J connectivity index is 2.21. The van der Waals surface area contributed by atoms with Gasteiger partial charge in [0.15, 0.2) is 0 Å². The Hall–Kier alpha value is -1.20. The Morgan fingerprint density at radius 3 is 2.63 bits per heavy atom. The molecule has 1 atom stereocenters. The van der Waals surface area contributed by atoms with E-state index < -0.39 is 0 Å². The van der Waals surface area contributed by atoms with E-state index in [1.807, 2.05) is 23.1 Å².